The summed E-state index contributed by atoms with van der Waals surface area (Å²) in [6.45, 7) is 1.96. The Morgan fingerprint density at radius 2 is 1.97 bits per heavy atom. The highest BCUT2D eigenvalue weighted by atomic mass is 32.2. The molecule has 2 aromatic rings. The molecular weight excluding hydrogens is 428 g/mol. The van der Waals surface area contributed by atoms with E-state index in [9.17, 15) is 18.0 Å². The summed E-state index contributed by atoms with van der Waals surface area (Å²) >= 11 is 1.26. The number of hydrogen-bond acceptors (Lipinski definition) is 7. The first-order valence-electron chi connectivity index (χ1n) is 9.41. The summed E-state index contributed by atoms with van der Waals surface area (Å²) < 4.78 is 36.6. The second kappa shape index (κ2) is 8.75. The molecule has 0 saturated heterocycles. The van der Waals surface area contributed by atoms with Gasteiger partial charge in [-0.1, -0.05) is 0 Å². The Morgan fingerprint density at radius 3 is 2.53 bits per heavy atom. The Labute approximate surface area is 179 Å². The molecule has 1 N–H and O–H groups in total. The molecule has 162 valence electrons. The van der Waals surface area contributed by atoms with Gasteiger partial charge in [0.05, 0.1) is 19.3 Å². The van der Waals surface area contributed by atoms with E-state index in [0.717, 1.165) is 22.7 Å². The highest BCUT2D eigenvalue weighted by Crippen LogP contribution is 2.46. The van der Waals surface area contributed by atoms with Crippen molar-refractivity contribution in [3.63, 3.8) is 0 Å². The molecule has 0 atom stereocenters. The summed E-state index contributed by atoms with van der Waals surface area (Å²) in [6, 6.07) is 4.17. The van der Waals surface area contributed by atoms with Crippen LogP contribution in [0, 0.1) is 0 Å². The Bertz CT molecular complexity index is 1070. The van der Waals surface area contributed by atoms with Gasteiger partial charge in [0.25, 0.3) is 5.91 Å². The number of nitrogens with zero attached hydrogens (tertiary/aromatic N) is 1. The van der Waals surface area contributed by atoms with Crippen LogP contribution in [0.2, 0.25) is 0 Å². The molecular formula is C20H24N2O6S2. The minimum atomic E-state index is -3.82. The molecule has 0 aliphatic heterocycles. The third-order valence-corrected chi connectivity index (χ3v) is 7.48. The van der Waals surface area contributed by atoms with E-state index < -0.39 is 21.9 Å². The van der Waals surface area contributed by atoms with Gasteiger partial charge in [-0.2, -0.15) is 0 Å². The Balaban J connectivity index is 1.95. The smallest absolute Gasteiger partial charge is 0.341 e. The number of amides is 1. The van der Waals surface area contributed by atoms with E-state index >= 15 is 0 Å². The van der Waals surface area contributed by atoms with Gasteiger partial charge >= 0.3 is 5.97 Å². The molecule has 30 heavy (non-hydrogen) atoms. The molecule has 0 radical (unpaired) electrons. The molecule has 1 aliphatic rings. The molecule has 1 heterocycles. The largest absolute Gasteiger partial charge is 0.495 e. The zero-order chi connectivity index (χ0) is 22.1. The number of ether oxygens (including phenoxy) is 2. The van der Waals surface area contributed by atoms with E-state index in [4.69, 9.17) is 9.47 Å². The summed E-state index contributed by atoms with van der Waals surface area (Å²) in [7, 11) is 0.344. The molecule has 1 amide bonds. The predicted molar refractivity (Wildman–Crippen MR) is 114 cm³/mol. The molecule has 1 aromatic heterocycles. The summed E-state index contributed by atoms with van der Waals surface area (Å²) in [6.07, 6.45) is 2.00. The number of nitrogens with one attached hydrogen (secondary N) is 1. The van der Waals surface area contributed by atoms with E-state index in [1.807, 2.05) is 5.38 Å². The summed E-state index contributed by atoms with van der Waals surface area (Å²) in [5.74, 6) is -0.548. The van der Waals surface area contributed by atoms with Crippen LogP contribution >= 0.6 is 11.3 Å². The van der Waals surface area contributed by atoms with Gasteiger partial charge in [0.15, 0.2) is 0 Å². The number of carbonyl (C=O) groups is 2. The highest BCUT2D eigenvalue weighted by molar-refractivity contribution is 7.89. The molecule has 3 rings (SSSR count). The SMILES string of the molecule is CCOC(=O)c1c(C2CC2)csc1NC(=O)c1ccc(OC)c(S(=O)(=O)N(C)C)c1. The Kier molecular flexibility index (Phi) is 6.49. The van der Waals surface area contributed by atoms with Crippen LogP contribution in [0.1, 0.15) is 52.0 Å². The molecule has 1 aromatic carbocycles. The van der Waals surface area contributed by atoms with Crippen LogP contribution in [0.4, 0.5) is 5.00 Å². The maximum Gasteiger partial charge on any atom is 0.341 e. The van der Waals surface area contributed by atoms with Crippen molar-refractivity contribution < 1.29 is 27.5 Å². The van der Waals surface area contributed by atoms with Crippen LogP contribution in [0.25, 0.3) is 0 Å². The lowest BCUT2D eigenvalue weighted by molar-refractivity contribution is 0.0527. The number of methoxy groups -OCH3 is 1. The van der Waals surface area contributed by atoms with E-state index in [2.05, 4.69) is 5.32 Å². The van der Waals surface area contributed by atoms with Crippen LogP contribution in [-0.2, 0) is 14.8 Å². The lowest BCUT2D eigenvalue weighted by Gasteiger charge is -2.15. The second-order valence-corrected chi connectivity index (χ2v) is 10.00. The Hall–Kier alpha value is -2.43. The van der Waals surface area contributed by atoms with Crippen molar-refractivity contribution in [2.45, 2.75) is 30.6 Å². The van der Waals surface area contributed by atoms with Crippen LogP contribution in [0.3, 0.4) is 0 Å². The van der Waals surface area contributed by atoms with Crippen molar-refractivity contribution >= 4 is 38.2 Å². The average Bonchev–Trinajstić information content (AvgIpc) is 3.47. The molecule has 8 nitrogen and oxygen atoms in total. The maximum atomic E-state index is 12.9. The number of anilines is 1. The van der Waals surface area contributed by atoms with E-state index in [1.54, 1.807) is 6.92 Å². The molecule has 1 fully saturated rings. The zero-order valence-corrected chi connectivity index (χ0v) is 18.9. The zero-order valence-electron chi connectivity index (χ0n) is 17.2. The maximum absolute atomic E-state index is 12.9. The normalized spacial score (nSPS) is 13.9. The van der Waals surface area contributed by atoms with Gasteiger partial charge in [0, 0.05) is 19.7 Å². The fourth-order valence-electron chi connectivity index (χ4n) is 2.96. The van der Waals surface area contributed by atoms with Crippen molar-refractivity contribution in [2.24, 2.45) is 0 Å². The topological polar surface area (TPSA) is 102 Å². The molecule has 1 saturated carbocycles. The van der Waals surface area contributed by atoms with Crippen molar-refractivity contribution in [3.05, 3.63) is 40.3 Å². The van der Waals surface area contributed by atoms with Gasteiger partial charge in [0.2, 0.25) is 10.0 Å². The van der Waals surface area contributed by atoms with Crippen molar-refractivity contribution in [1.82, 2.24) is 4.31 Å². The second-order valence-electron chi connectivity index (χ2n) is 7.00. The summed E-state index contributed by atoms with van der Waals surface area (Å²) in [5.41, 5.74) is 1.40. The first kappa shape index (κ1) is 22.3. The number of thiophene rings is 1. The average molecular weight is 453 g/mol. The Morgan fingerprint density at radius 1 is 1.27 bits per heavy atom. The predicted octanol–water partition coefficient (Wildman–Crippen LogP) is 3.31. The van der Waals surface area contributed by atoms with Crippen LogP contribution in [0.5, 0.6) is 5.75 Å². The fourth-order valence-corrected chi connectivity index (χ4v) is 5.06. The fraction of sp³-hybridized carbons (Fsp3) is 0.400. The monoisotopic (exact) mass is 452 g/mol. The molecule has 1 aliphatic carbocycles. The van der Waals surface area contributed by atoms with Crippen LogP contribution in [0.15, 0.2) is 28.5 Å². The van der Waals surface area contributed by atoms with E-state index in [1.165, 1.54) is 50.7 Å². The third kappa shape index (κ3) is 4.35. The van der Waals surface area contributed by atoms with Crippen molar-refractivity contribution in [2.75, 3.05) is 33.1 Å². The number of rotatable bonds is 8. The van der Waals surface area contributed by atoms with Crippen LogP contribution < -0.4 is 10.1 Å². The van der Waals surface area contributed by atoms with Gasteiger partial charge in [-0.05, 0) is 54.8 Å². The van der Waals surface area contributed by atoms with Gasteiger partial charge in [-0.25, -0.2) is 17.5 Å². The minimum absolute atomic E-state index is 0.113. The lowest BCUT2D eigenvalue weighted by Crippen LogP contribution is -2.23. The first-order chi connectivity index (χ1) is 14.2. The standard InChI is InChI=1S/C20H24N2O6S2/c1-5-28-20(24)17-14(12-6-7-12)11-29-19(17)21-18(23)13-8-9-15(27-4)16(10-13)30(25,26)22(2)3/h8-12H,5-7H2,1-4H3,(H,21,23). The van der Waals surface area contributed by atoms with E-state index in [-0.39, 0.29) is 22.8 Å². The number of carbonyl (C=O) groups excluding carboxylic acids is 2. The molecule has 0 unspecified atom stereocenters. The van der Waals surface area contributed by atoms with Crippen LogP contribution in [-0.4, -0.2) is 52.4 Å². The lowest BCUT2D eigenvalue weighted by atomic mass is 10.1. The number of esters is 1. The van der Waals surface area contributed by atoms with Gasteiger partial charge in [-0.3, -0.25) is 4.79 Å². The van der Waals surface area contributed by atoms with Crippen molar-refractivity contribution in [3.8, 4) is 5.75 Å². The summed E-state index contributed by atoms with van der Waals surface area (Å²) in [4.78, 5) is 25.2. The first-order valence-corrected chi connectivity index (χ1v) is 11.7. The molecule has 10 heteroatoms. The van der Waals surface area contributed by atoms with Gasteiger partial charge < -0.3 is 14.8 Å². The minimum Gasteiger partial charge on any atom is -0.495 e. The quantitative estimate of drug-likeness (QED) is 0.617. The summed E-state index contributed by atoms with van der Waals surface area (Å²) in [5, 5.41) is 5.01. The van der Waals surface area contributed by atoms with Crippen molar-refractivity contribution in [1.29, 1.82) is 0 Å². The molecule has 0 bridgehead atoms. The van der Waals surface area contributed by atoms with Gasteiger partial charge in [-0.15, -0.1) is 11.3 Å². The highest BCUT2D eigenvalue weighted by Gasteiger charge is 2.32. The number of sulfonamides is 1. The molecule has 0 spiro atoms. The van der Waals surface area contributed by atoms with E-state index in [0.29, 0.717) is 16.5 Å². The van der Waals surface area contributed by atoms with Gasteiger partial charge in [0.1, 0.15) is 15.6 Å². The number of benzene rings is 1. The third-order valence-electron chi connectivity index (χ3n) is 4.73. The number of hydrogen-bond donors (Lipinski definition) is 1.